The molecule has 1 heterocycles. The van der Waals surface area contributed by atoms with Gasteiger partial charge in [-0.3, -0.25) is 4.79 Å². The highest BCUT2D eigenvalue weighted by Gasteiger charge is 2.04. The fraction of sp³-hybridized carbons (Fsp3) is 0.0833. The number of rotatable bonds is 2. The summed E-state index contributed by atoms with van der Waals surface area (Å²) in [5, 5.41) is 0. The highest BCUT2D eigenvalue weighted by atomic mass is 16.5. The first-order chi connectivity index (χ1) is 7.31. The van der Waals surface area contributed by atoms with Crippen LogP contribution in [-0.4, -0.2) is 7.11 Å². The molecule has 76 valence electrons. The fourth-order valence-electron chi connectivity index (χ4n) is 1.30. The summed E-state index contributed by atoms with van der Waals surface area (Å²) in [6.45, 7) is 0. The minimum Gasteiger partial charge on any atom is -0.490 e. The Kier molecular flexibility index (Phi) is 2.54. The molecular weight excluding hydrogens is 192 g/mol. The molecule has 0 saturated heterocycles. The fourth-order valence-corrected chi connectivity index (χ4v) is 1.30. The van der Waals surface area contributed by atoms with Crippen molar-refractivity contribution in [1.82, 2.24) is 0 Å². The minimum atomic E-state index is -0.178. The third-order valence-corrected chi connectivity index (χ3v) is 2.08. The largest absolute Gasteiger partial charge is 0.490 e. The molecule has 0 aliphatic carbocycles. The van der Waals surface area contributed by atoms with Gasteiger partial charge in [-0.15, -0.1) is 0 Å². The second-order valence-electron chi connectivity index (χ2n) is 3.04. The van der Waals surface area contributed by atoms with E-state index in [0.29, 0.717) is 5.76 Å². The number of benzene rings is 1. The first-order valence-corrected chi connectivity index (χ1v) is 4.53. The Morgan fingerprint density at radius 2 is 1.93 bits per heavy atom. The molecule has 0 radical (unpaired) electrons. The van der Waals surface area contributed by atoms with Crippen molar-refractivity contribution in [2.24, 2.45) is 0 Å². The molecule has 0 aliphatic heterocycles. The smallest absolute Gasteiger partial charge is 0.227 e. The Morgan fingerprint density at radius 3 is 2.53 bits per heavy atom. The number of methoxy groups -OCH3 is 1. The van der Waals surface area contributed by atoms with Crippen LogP contribution in [0.2, 0.25) is 0 Å². The number of hydrogen-bond donors (Lipinski definition) is 0. The molecule has 1 aromatic carbocycles. The lowest BCUT2D eigenvalue weighted by Crippen LogP contribution is -2.03. The Labute approximate surface area is 86.9 Å². The molecule has 0 aliphatic rings. The average molecular weight is 202 g/mol. The highest BCUT2D eigenvalue weighted by molar-refractivity contribution is 5.56. The van der Waals surface area contributed by atoms with E-state index in [4.69, 9.17) is 9.15 Å². The van der Waals surface area contributed by atoms with Gasteiger partial charge >= 0.3 is 0 Å². The van der Waals surface area contributed by atoms with E-state index in [1.165, 1.54) is 19.4 Å². The zero-order valence-corrected chi connectivity index (χ0v) is 8.27. The van der Waals surface area contributed by atoms with Crippen LogP contribution < -0.4 is 10.2 Å². The first kappa shape index (κ1) is 9.52. The van der Waals surface area contributed by atoms with E-state index in [1.807, 2.05) is 30.3 Å². The maximum absolute atomic E-state index is 11.5. The van der Waals surface area contributed by atoms with Gasteiger partial charge < -0.3 is 9.15 Å². The minimum absolute atomic E-state index is 0.178. The zero-order valence-electron chi connectivity index (χ0n) is 8.27. The van der Waals surface area contributed by atoms with Crippen LogP contribution in [0, 0.1) is 0 Å². The molecule has 0 amide bonds. The van der Waals surface area contributed by atoms with Crippen LogP contribution in [0.1, 0.15) is 0 Å². The molecular formula is C12H10O3. The van der Waals surface area contributed by atoms with Crippen molar-refractivity contribution < 1.29 is 9.15 Å². The molecule has 0 saturated carbocycles. The van der Waals surface area contributed by atoms with Crippen molar-refractivity contribution in [2.45, 2.75) is 0 Å². The summed E-state index contributed by atoms with van der Waals surface area (Å²) in [4.78, 5) is 11.5. The van der Waals surface area contributed by atoms with Crippen molar-refractivity contribution in [3.63, 3.8) is 0 Å². The summed E-state index contributed by atoms with van der Waals surface area (Å²) in [5.41, 5.74) is 0.694. The maximum atomic E-state index is 11.5. The van der Waals surface area contributed by atoms with Crippen molar-refractivity contribution in [1.29, 1.82) is 0 Å². The summed E-state index contributed by atoms with van der Waals surface area (Å²) in [7, 11) is 1.44. The normalized spacial score (nSPS) is 9.93. The second kappa shape index (κ2) is 4.00. The van der Waals surface area contributed by atoms with E-state index in [-0.39, 0.29) is 11.2 Å². The van der Waals surface area contributed by atoms with Crippen molar-refractivity contribution >= 4 is 0 Å². The molecule has 0 bridgehead atoms. The van der Waals surface area contributed by atoms with Gasteiger partial charge in [0.05, 0.1) is 7.11 Å². The summed E-state index contributed by atoms with van der Waals surface area (Å²) in [5.74, 6) is 0.760. The van der Waals surface area contributed by atoms with Crippen molar-refractivity contribution in [2.75, 3.05) is 7.11 Å². The molecule has 2 aromatic rings. The summed E-state index contributed by atoms with van der Waals surface area (Å²) in [6.07, 6.45) is 1.32. The van der Waals surface area contributed by atoms with Gasteiger partial charge in [0, 0.05) is 11.6 Å². The molecule has 3 heteroatoms. The van der Waals surface area contributed by atoms with Gasteiger partial charge in [0.2, 0.25) is 11.2 Å². The predicted molar refractivity (Wildman–Crippen MR) is 57.0 cm³/mol. The highest BCUT2D eigenvalue weighted by Crippen LogP contribution is 2.18. The SMILES string of the molecule is COc1coc(-c2ccccc2)cc1=O. The first-order valence-electron chi connectivity index (χ1n) is 4.53. The second-order valence-corrected chi connectivity index (χ2v) is 3.04. The van der Waals surface area contributed by atoms with E-state index in [2.05, 4.69) is 0 Å². The third kappa shape index (κ3) is 1.91. The lowest BCUT2D eigenvalue weighted by molar-refractivity contribution is 0.389. The molecule has 0 N–H and O–H groups in total. The Balaban J connectivity index is 2.48. The van der Waals surface area contributed by atoms with Crippen LogP contribution in [0.3, 0.4) is 0 Å². The van der Waals surface area contributed by atoms with Crippen LogP contribution in [0.4, 0.5) is 0 Å². The predicted octanol–water partition coefficient (Wildman–Crippen LogP) is 2.32. The lowest BCUT2D eigenvalue weighted by Gasteiger charge is -2.01. The summed E-state index contributed by atoms with van der Waals surface area (Å²) in [6, 6.07) is 10.9. The molecule has 2 rings (SSSR count). The topological polar surface area (TPSA) is 39.4 Å². The third-order valence-electron chi connectivity index (χ3n) is 2.08. The molecule has 3 nitrogen and oxygen atoms in total. The van der Waals surface area contributed by atoms with E-state index in [1.54, 1.807) is 0 Å². The Hall–Kier alpha value is -2.03. The summed E-state index contributed by atoms with van der Waals surface area (Å²) < 4.78 is 10.1. The average Bonchev–Trinajstić information content (AvgIpc) is 2.30. The van der Waals surface area contributed by atoms with Gasteiger partial charge in [-0.2, -0.15) is 0 Å². The molecule has 0 unspecified atom stereocenters. The van der Waals surface area contributed by atoms with E-state index < -0.39 is 0 Å². The van der Waals surface area contributed by atoms with Crippen LogP contribution in [-0.2, 0) is 0 Å². The van der Waals surface area contributed by atoms with Crippen molar-refractivity contribution in [3.05, 3.63) is 52.9 Å². The van der Waals surface area contributed by atoms with Gasteiger partial charge in [-0.25, -0.2) is 0 Å². The lowest BCUT2D eigenvalue weighted by atomic mass is 10.1. The zero-order chi connectivity index (χ0) is 10.7. The van der Waals surface area contributed by atoms with E-state index in [9.17, 15) is 4.79 Å². The van der Waals surface area contributed by atoms with Crippen LogP contribution in [0.25, 0.3) is 11.3 Å². The van der Waals surface area contributed by atoms with Gasteiger partial charge in [-0.1, -0.05) is 30.3 Å². The monoisotopic (exact) mass is 202 g/mol. The number of hydrogen-bond acceptors (Lipinski definition) is 3. The molecule has 0 spiro atoms. The van der Waals surface area contributed by atoms with Crippen LogP contribution in [0.5, 0.6) is 5.75 Å². The molecule has 0 fully saturated rings. The summed E-state index contributed by atoms with van der Waals surface area (Å²) >= 11 is 0. The molecule has 15 heavy (non-hydrogen) atoms. The molecule has 1 aromatic heterocycles. The maximum Gasteiger partial charge on any atom is 0.227 e. The molecule has 0 atom stereocenters. The van der Waals surface area contributed by atoms with Crippen molar-refractivity contribution in [3.8, 4) is 17.1 Å². The standard InChI is InChI=1S/C12H10O3/c1-14-12-8-15-11(7-10(12)13)9-5-3-2-4-6-9/h2-8H,1H3. The Morgan fingerprint density at radius 1 is 1.20 bits per heavy atom. The van der Waals surface area contributed by atoms with E-state index in [0.717, 1.165) is 5.56 Å². The van der Waals surface area contributed by atoms with Gasteiger partial charge in [-0.05, 0) is 0 Å². The number of ether oxygens (including phenoxy) is 1. The van der Waals surface area contributed by atoms with Crippen LogP contribution in [0.15, 0.2) is 51.9 Å². The van der Waals surface area contributed by atoms with Gasteiger partial charge in [0.1, 0.15) is 12.0 Å². The van der Waals surface area contributed by atoms with E-state index >= 15 is 0 Å². The van der Waals surface area contributed by atoms with Gasteiger partial charge in [0.25, 0.3) is 0 Å². The van der Waals surface area contributed by atoms with Crippen LogP contribution >= 0.6 is 0 Å². The quantitative estimate of drug-likeness (QED) is 0.750. The van der Waals surface area contributed by atoms with Gasteiger partial charge in [0.15, 0.2) is 0 Å². The Bertz CT molecular complexity index is 500.